The maximum absolute atomic E-state index is 10.5. The zero-order chi connectivity index (χ0) is 8.11. The molecule has 1 saturated carbocycles. The Morgan fingerprint density at radius 2 is 2.17 bits per heavy atom. The van der Waals surface area contributed by atoms with Crippen molar-refractivity contribution in [3.8, 4) is 0 Å². The number of aliphatic hydroxyl groups is 1. The fourth-order valence-electron chi connectivity index (χ4n) is 2.02. The van der Waals surface area contributed by atoms with Crippen LogP contribution in [0.5, 0.6) is 0 Å². The Labute approximate surface area is 92.2 Å². The van der Waals surface area contributed by atoms with Gasteiger partial charge in [0.2, 0.25) is 0 Å². The maximum Gasteiger partial charge on any atom is 1.00 e. The predicted octanol–water partition coefficient (Wildman–Crippen LogP) is -4.72. The molecule has 3 fully saturated rings. The fourth-order valence-corrected chi connectivity index (χ4v) is 2.02. The van der Waals surface area contributed by atoms with Gasteiger partial charge in [-0.05, 0) is 12.8 Å². The summed E-state index contributed by atoms with van der Waals surface area (Å²) in [5.74, 6) is -1.14. The van der Waals surface area contributed by atoms with Gasteiger partial charge in [0.1, 0.15) is 5.60 Å². The number of carboxylic acids is 1. The van der Waals surface area contributed by atoms with E-state index in [-0.39, 0.29) is 41.6 Å². The largest absolute Gasteiger partial charge is 1.00 e. The summed E-state index contributed by atoms with van der Waals surface area (Å²) in [6.45, 7) is 0.375. The number of fused-ring (bicyclic) bond motifs is 1. The van der Waals surface area contributed by atoms with Crippen LogP contribution >= 0.6 is 0 Å². The summed E-state index contributed by atoms with van der Waals surface area (Å²) in [6.07, 6.45) is 0.831. The summed E-state index contributed by atoms with van der Waals surface area (Å²) in [7, 11) is 0. The van der Waals surface area contributed by atoms with Crippen LogP contribution in [0.25, 0.3) is 0 Å². The molecule has 3 aliphatic rings. The van der Waals surface area contributed by atoms with E-state index in [0.717, 1.165) is 0 Å². The van der Waals surface area contributed by atoms with Crippen LogP contribution in [0.3, 0.4) is 0 Å². The molecule has 0 atom stereocenters. The van der Waals surface area contributed by atoms with Crippen LogP contribution < -0.4 is 34.7 Å². The zero-order valence-electron chi connectivity index (χ0n) is 7.00. The molecule has 3 rings (SSSR count). The van der Waals surface area contributed by atoms with Crippen LogP contribution in [-0.2, 0) is 9.53 Å². The van der Waals surface area contributed by atoms with Gasteiger partial charge in [-0.2, -0.15) is 0 Å². The third-order valence-corrected chi connectivity index (χ3v) is 2.68. The quantitative estimate of drug-likeness (QED) is 0.433. The maximum atomic E-state index is 10.5. The summed E-state index contributed by atoms with van der Waals surface area (Å²) >= 11 is 0. The van der Waals surface area contributed by atoms with E-state index in [1.54, 1.807) is 0 Å². The van der Waals surface area contributed by atoms with Gasteiger partial charge in [0.15, 0.2) is 0 Å². The number of carboxylic acid groups (broad SMARTS) is 1. The van der Waals surface area contributed by atoms with Crippen molar-refractivity contribution < 1.29 is 49.3 Å². The van der Waals surface area contributed by atoms with E-state index in [4.69, 9.17) is 9.84 Å². The third kappa shape index (κ3) is 1.14. The second-order valence-electron chi connectivity index (χ2n) is 3.58. The molecule has 0 aromatic carbocycles. The van der Waals surface area contributed by atoms with E-state index in [1.807, 2.05) is 0 Å². The third-order valence-electron chi connectivity index (χ3n) is 2.68. The SMILES string of the molecule is O=C([O-])C12CC(CO)(CO1)C2.[Na+]. The molecule has 2 heterocycles. The van der Waals surface area contributed by atoms with Crippen molar-refractivity contribution in [2.24, 2.45) is 5.41 Å². The van der Waals surface area contributed by atoms with Crippen LogP contribution in [0.15, 0.2) is 0 Å². The molecule has 1 N–H and O–H groups in total. The Balaban J connectivity index is 0.000000720. The van der Waals surface area contributed by atoms with Crippen LogP contribution in [0.1, 0.15) is 12.8 Å². The number of carbonyl (C=O) groups is 1. The molecule has 5 heteroatoms. The molecule has 0 spiro atoms. The van der Waals surface area contributed by atoms with Crippen LogP contribution in [-0.4, -0.2) is 29.9 Å². The molecular formula is C7H9NaO4. The molecule has 62 valence electrons. The molecule has 0 amide bonds. The minimum atomic E-state index is -1.14. The molecule has 0 unspecified atom stereocenters. The summed E-state index contributed by atoms with van der Waals surface area (Å²) in [5, 5.41) is 19.4. The molecule has 2 aliphatic heterocycles. The average Bonchev–Trinajstić information content (AvgIpc) is 2.39. The molecule has 1 aliphatic carbocycles. The van der Waals surface area contributed by atoms with Gasteiger partial charge in [-0.15, -0.1) is 0 Å². The Morgan fingerprint density at radius 3 is 2.42 bits per heavy atom. The zero-order valence-corrected chi connectivity index (χ0v) is 9.00. The van der Waals surface area contributed by atoms with Gasteiger partial charge in [0.05, 0.1) is 19.2 Å². The van der Waals surface area contributed by atoms with Gasteiger partial charge in [-0.3, -0.25) is 0 Å². The molecule has 0 aromatic heterocycles. The Hall–Kier alpha value is 0.390. The minimum Gasteiger partial charge on any atom is -0.547 e. The molecule has 0 aromatic rings. The predicted molar refractivity (Wildman–Crippen MR) is 32.4 cm³/mol. The first-order chi connectivity index (χ1) is 5.13. The molecule has 4 nitrogen and oxygen atoms in total. The first-order valence-electron chi connectivity index (χ1n) is 3.59. The monoisotopic (exact) mass is 180 g/mol. The van der Waals surface area contributed by atoms with Gasteiger partial charge in [0.25, 0.3) is 0 Å². The van der Waals surface area contributed by atoms with Crippen molar-refractivity contribution >= 4 is 5.97 Å². The van der Waals surface area contributed by atoms with Crippen molar-refractivity contribution in [1.29, 1.82) is 0 Å². The second kappa shape index (κ2) is 2.96. The number of carbonyl (C=O) groups excluding carboxylic acids is 1. The molecule has 0 radical (unpaired) electrons. The van der Waals surface area contributed by atoms with Crippen molar-refractivity contribution in [2.75, 3.05) is 13.2 Å². The van der Waals surface area contributed by atoms with Crippen molar-refractivity contribution in [2.45, 2.75) is 18.4 Å². The number of hydrogen-bond acceptors (Lipinski definition) is 4. The van der Waals surface area contributed by atoms with E-state index >= 15 is 0 Å². The number of aliphatic carboxylic acids is 1. The normalized spacial score (nSPS) is 43.1. The summed E-state index contributed by atoms with van der Waals surface area (Å²) in [6, 6.07) is 0. The van der Waals surface area contributed by atoms with E-state index in [1.165, 1.54) is 0 Å². The Morgan fingerprint density at radius 1 is 1.58 bits per heavy atom. The molecular weight excluding hydrogens is 171 g/mol. The molecule has 12 heavy (non-hydrogen) atoms. The van der Waals surface area contributed by atoms with E-state index < -0.39 is 11.6 Å². The topological polar surface area (TPSA) is 69.6 Å². The number of rotatable bonds is 2. The van der Waals surface area contributed by atoms with E-state index in [2.05, 4.69) is 0 Å². The standard InChI is InChI=1S/C7H10O4.Na/c8-3-6-1-7(2-6,5(9)10)11-4-6;/h8H,1-4H2,(H,9,10);/q;+1/p-1. The fraction of sp³-hybridized carbons (Fsp3) is 0.857. The summed E-state index contributed by atoms with van der Waals surface area (Å²) in [4.78, 5) is 10.5. The van der Waals surface area contributed by atoms with Crippen LogP contribution in [0.4, 0.5) is 0 Å². The van der Waals surface area contributed by atoms with Gasteiger partial charge in [-0.1, -0.05) is 0 Å². The number of aliphatic hydroxyl groups excluding tert-OH is 1. The smallest absolute Gasteiger partial charge is 0.547 e. The first-order valence-corrected chi connectivity index (χ1v) is 3.59. The van der Waals surface area contributed by atoms with Crippen molar-refractivity contribution in [1.82, 2.24) is 0 Å². The summed E-state index contributed by atoms with van der Waals surface area (Å²) < 4.78 is 5.05. The average molecular weight is 180 g/mol. The summed E-state index contributed by atoms with van der Waals surface area (Å²) in [5.41, 5.74) is -1.32. The van der Waals surface area contributed by atoms with Crippen LogP contribution in [0.2, 0.25) is 0 Å². The van der Waals surface area contributed by atoms with E-state index in [0.29, 0.717) is 19.4 Å². The number of ether oxygens (including phenoxy) is 1. The van der Waals surface area contributed by atoms with Crippen LogP contribution in [0, 0.1) is 5.41 Å². The van der Waals surface area contributed by atoms with Gasteiger partial charge >= 0.3 is 29.6 Å². The van der Waals surface area contributed by atoms with Crippen molar-refractivity contribution in [3.05, 3.63) is 0 Å². The molecule has 2 bridgehead atoms. The first kappa shape index (κ1) is 10.5. The Kier molecular flexibility index (Phi) is 2.58. The molecule has 2 saturated heterocycles. The van der Waals surface area contributed by atoms with Gasteiger partial charge in [-0.25, -0.2) is 0 Å². The van der Waals surface area contributed by atoms with Gasteiger partial charge < -0.3 is 19.7 Å². The van der Waals surface area contributed by atoms with E-state index in [9.17, 15) is 9.90 Å². The van der Waals surface area contributed by atoms with Gasteiger partial charge in [0, 0.05) is 5.41 Å². The minimum absolute atomic E-state index is 0. The second-order valence-corrected chi connectivity index (χ2v) is 3.58. The number of hydrogen-bond donors (Lipinski definition) is 1. The van der Waals surface area contributed by atoms with Crippen molar-refractivity contribution in [3.63, 3.8) is 0 Å². The Bertz CT molecular complexity index is 209.